The van der Waals surface area contributed by atoms with Gasteiger partial charge in [0.25, 0.3) is 0 Å². The molecule has 0 bridgehead atoms. The highest BCUT2D eigenvalue weighted by molar-refractivity contribution is 4.95. The van der Waals surface area contributed by atoms with Gasteiger partial charge in [-0.15, -0.1) is 0 Å². The van der Waals surface area contributed by atoms with E-state index < -0.39 is 55.3 Å². The van der Waals surface area contributed by atoms with E-state index in [1.54, 1.807) is 0 Å². The summed E-state index contributed by atoms with van der Waals surface area (Å²) in [6, 6.07) is -1.43. The number of likely N-dealkylation sites (tertiary alicyclic amines) is 2. The normalized spacial score (nSPS) is 40.7. The second-order valence-corrected chi connectivity index (χ2v) is 7.53. The van der Waals surface area contributed by atoms with E-state index in [1.807, 2.05) is 11.8 Å². The van der Waals surface area contributed by atoms with Gasteiger partial charge in [0.05, 0.1) is 37.5 Å². The molecule has 0 aromatic rings. The SMILES string of the molecule is CCCCN1CC(O)C(O)C(OOCN2CC(O)C(O)C(O)C2CO)C1CO. The lowest BCUT2D eigenvalue weighted by Gasteiger charge is -2.45. The van der Waals surface area contributed by atoms with Gasteiger partial charge in [-0.3, -0.25) is 9.80 Å². The van der Waals surface area contributed by atoms with Crippen LogP contribution in [0.15, 0.2) is 0 Å². The smallest absolute Gasteiger partial charge is 0.139 e. The fourth-order valence-corrected chi connectivity index (χ4v) is 3.80. The van der Waals surface area contributed by atoms with E-state index in [4.69, 9.17) is 9.78 Å². The Bertz CT molecular complexity index is 460. The van der Waals surface area contributed by atoms with Crippen molar-refractivity contribution in [2.75, 3.05) is 39.6 Å². The van der Waals surface area contributed by atoms with Crippen LogP contribution in [-0.4, -0.2) is 134 Å². The number of aliphatic hydroxyl groups excluding tert-OH is 7. The molecule has 0 amide bonds. The lowest BCUT2D eigenvalue weighted by Crippen LogP contribution is -2.64. The first-order chi connectivity index (χ1) is 13.3. The number of nitrogens with zero attached hydrogens (tertiary/aromatic N) is 2. The number of hydrogen-bond acceptors (Lipinski definition) is 11. The lowest BCUT2D eigenvalue weighted by molar-refractivity contribution is -0.380. The molecule has 2 aliphatic heterocycles. The molecule has 8 atom stereocenters. The second-order valence-electron chi connectivity index (χ2n) is 7.53. The first-order valence-corrected chi connectivity index (χ1v) is 9.74. The highest BCUT2D eigenvalue weighted by atomic mass is 17.2. The Morgan fingerprint density at radius 3 is 2.04 bits per heavy atom. The van der Waals surface area contributed by atoms with Crippen LogP contribution in [0, 0.1) is 0 Å². The van der Waals surface area contributed by atoms with Gasteiger partial charge in [0, 0.05) is 13.1 Å². The Labute approximate surface area is 164 Å². The minimum atomic E-state index is -1.38. The molecule has 0 aromatic carbocycles. The Morgan fingerprint density at radius 1 is 0.821 bits per heavy atom. The molecule has 2 saturated heterocycles. The van der Waals surface area contributed by atoms with Gasteiger partial charge < -0.3 is 35.7 Å². The predicted molar refractivity (Wildman–Crippen MR) is 95.8 cm³/mol. The van der Waals surface area contributed by atoms with Crippen LogP contribution in [0.4, 0.5) is 0 Å². The summed E-state index contributed by atoms with van der Waals surface area (Å²) in [6.07, 6.45) is -5.51. The Balaban J connectivity index is 1.96. The maximum Gasteiger partial charge on any atom is 0.139 e. The minimum absolute atomic E-state index is 0.0608. The van der Waals surface area contributed by atoms with E-state index in [0.717, 1.165) is 12.8 Å². The van der Waals surface area contributed by atoms with Crippen molar-refractivity contribution in [3.8, 4) is 0 Å². The van der Waals surface area contributed by atoms with Crippen LogP contribution >= 0.6 is 0 Å². The van der Waals surface area contributed by atoms with E-state index in [0.29, 0.717) is 6.54 Å². The summed E-state index contributed by atoms with van der Waals surface area (Å²) in [6.45, 7) is 1.77. The largest absolute Gasteiger partial charge is 0.395 e. The van der Waals surface area contributed by atoms with E-state index in [-0.39, 0.29) is 26.4 Å². The molecule has 0 aromatic heterocycles. The average molecular weight is 410 g/mol. The van der Waals surface area contributed by atoms with Crippen LogP contribution in [0.5, 0.6) is 0 Å². The molecule has 2 aliphatic rings. The number of hydrogen-bond donors (Lipinski definition) is 7. The lowest BCUT2D eigenvalue weighted by atomic mass is 9.94. The number of β-amino-alcohol motifs (C(OH)–C–C–N with tert-alkyl or cyclic N) is 2. The first-order valence-electron chi connectivity index (χ1n) is 9.74. The molecule has 0 saturated carbocycles. The van der Waals surface area contributed by atoms with Crippen LogP contribution in [0.2, 0.25) is 0 Å². The quantitative estimate of drug-likeness (QED) is 0.147. The van der Waals surface area contributed by atoms with E-state index >= 15 is 0 Å². The summed E-state index contributed by atoms with van der Waals surface area (Å²) in [5, 5.41) is 69.1. The molecule has 0 aliphatic carbocycles. The predicted octanol–water partition coefficient (Wildman–Crippen LogP) is -3.78. The van der Waals surface area contributed by atoms with Crippen molar-refractivity contribution in [1.29, 1.82) is 0 Å². The molecule has 0 spiro atoms. The van der Waals surface area contributed by atoms with Crippen molar-refractivity contribution in [2.45, 2.75) is 68.5 Å². The summed E-state index contributed by atoms with van der Waals surface area (Å²) in [5.41, 5.74) is 0. The summed E-state index contributed by atoms with van der Waals surface area (Å²) in [4.78, 5) is 13.7. The van der Waals surface area contributed by atoms with Crippen LogP contribution in [0.3, 0.4) is 0 Å². The zero-order chi connectivity index (χ0) is 20.8. The molecule has 0 radical (unpaired) electrons. The highest BCUT2D eigenvalue weighted by Gasteiger charge is 2.44. The van der Waals surface area contributed by atoms with Crippen molar-refractivity contribution in [2.24, 2.45) is 0 Å². The van der Waals surface area contributed by atoms with E-state index in [9.17, 15) is 35.7 Å². The van der Waals surface area contributed by atoms with Gasteiger partial charge >= 0.3 is 0 Å². The monoisotopic (exact) mass is 410 g/mol. The molecule has 2 rings (SSSR count). The van der Waals surface area contributed by atoms with Crippen molar-refractivity contribution < 1.29 is 45.5 Å². The fourth-order valence-electron chi connectivity index (χ4n) is 3.80. The summed E-state index contributed by atoms with van der Waals surface area (Å²) in [7, 11) is 0. The molecule has 11 nitrogen and oxygen atoms in total. The topological polar surface area (TPSA) is 167 Å². The molecular formula is C17H34N2O9. The average Bonchev–Trinajstić information content (AvgIpc) is 2.68. The zero-order valence-electron chi connectivity index (χ0n) is 16.1. The maximum absolute atomic E-state index is 10.3. The van der Waals surface area contributed by atoms with Crippen LogP contribution in [-0.2, 0) is 9.78 Å². The van der Waals surface area contributed by atoms with Crippen molar-refractivity contribution >= 4 is 0 Å². The number of rotatable bonds is 9. The van der Waals surface area contributed by atoms with E-state index in [1.165, 1.54) is 4.90 Å². The fraction of sp³-hybridized carbons (Fsp3) is 1.00. The third-order valence-electron chi connectivity index (χ3n) is 5.60. The molecule has 8 unspecified atom stereocenters. The zero-order valence-corrected chi connectivity index (χ0v) is 16.1. The Morgan fingerprint density at radius 2 is 1.43 bits per heavy atom. The third kappa shape index (κ3) is 5.37. The molecule has 7 N–H and O–H groups in total. The van der Waals surface area contributed by atoms with Gasteiger partial charge in [0.1, 0.15) is 31.1 Å². The Hall–Kier alpha value is -0.440. The summed E-state index contributed by atoms with van der Waals surface area (Å²) < 4.78 is 0. The van der Waals surface area contributed by atoms with Gasteiger partial charge in [-0.1, -0.05) is 13.3 Å². The van der Waals surface area contributed by atoms with Gasteiger partial charge in [-0.25, -0.2) is 9.78 Å². The van der Waals surface area contributed by atoms with Gasteiger partial charge in [0.2, 0.25) is 0 Å². The molecule has 28 heavy (non-hydrogen) atoms. The van der Waals surface area contributed by atoms with Crippen LogP contribution < -0.4 is 0 Å². The molecule has 2 heterocycles. The van der Waals surface area contributed by atoms with Gasteiger partial charge in [0.15, 0.2) is 0 Å². The first kappa shape index (κ1) is 23.8. The Kier molecular flexibility index (Phi) is 9.44. The van der Waals surface area contributed by atoms with Gasteiger partial charge in [-0.05, 0) is 13.0 Å². The van der Waals surface area contributed by atoms with E-state index in [2.05, 4.69) is 0 Å². The minimum Gasteiger partial charge on any atom is -0.395 e. The molecule has 166 valence electrons. The maximum atomic E-state index is 10.3. The summed E-state index contributed by atoms with van der Waals surface area (Å²) >= 11 is 0. The molecular weight excluding hydrogens is 376 g/mol. The van der Waals surface area contributed by atoms with Crippen LogP contribution in [0.25, 0.3) is 0 Å². The number of piperidine rings is 2. The second kappa shape index (κ2) is 11.1. The van der Waals surface area contributed by atoms with Gasteiger partial charge in [-0.2, -0.15) is 0 Å². The number of unbranched alkanes of at least 4 members (excludes halogenated alkanes) is 1. The standard InChI is InChI=1S/C17H34N2O9/c1-2-3-4-18-5-13(23)16(26)17(11(18)8-21)28-27-9-19-6-12(22)15(25)14(24)10(19)7-20/h10-17,20-26H,2-9H2,1H3. The van der Waals surface area contributed by atoms with Crippen molar-refractivity contribution in [1.82, 2.24) is 9.80 Å². The van der Waals surface area contributed by atoms with Crippen LogP contribution in [0.1, 0.15) is 19.8 Å². The van der Waals surface area contributed by atoms with Crippen molar-refractivity contribution in [3.63, 3.8) is 0 Å². The molecule has 11 heteroatoms. The highest BCUT2D eigenvalue weighted by Crippen LogP contribution is 2.23. The third-order valence-corrected chi connectivity index (χ3v) is 5.60. The van der Waals surface area contributed by atoms with Crippen molar-refractivity contribution in [3.05, 3.63) is 0 Å². The molecule has 2 fully saturated rings. The summed E-state index contributed by atoms with van der Waals surface area (Å²) in [5.74, 6) is 0. The number of aliphatic hydroxyl groups is 7.